The number of rotatable bonds is 10. The highest BCUT2D eigenvalue weighted by Gasteiger charge is 2.27. The van der Waals surface area contributed by atoms with E-state index in [1.54, 1.807) is 24.3 Å². The lowest BCUT2D eigenvalue weighted by Gasteiger charge is -2.05. The summed E-state index contributed by atoms with van der Waals surface area (Å²) in [5, 5.41) is 0. The van der Waals surface area contributed by atoms with Crippen LogP contribution in [0.3, 0.4) is 0 Å². The van der Waals surface area contributed by atoms with Gasteiger partial charge in [0.1, 0.15) is 37.6 Å². The fraction of sp³-hybridized carbons (Fsp3) is 0.600. The van der Waals surface area contributed by atoms with Crippen molar-refractivity contribution in [2.24, 2.45) is 0 Å². The molecule has 4 aliphatic heterocycles. The van der Waals surface area contributed by atoms with Gasteiger partial charge in [-0.05, 0) is 24.3 Å². The molecule has 5 rings (SSSR count). The Labute approximate surface area is 168 Å². The molecule has 0 aromatic heterocycles. The fourth-order valence-corrected chi connectivity index (χ4v) is 2.23. The van der Waals surface area contributed by atoms with Gasteiger partial charge in [0.25, 0.3) is 0 Å². The molecule has 29 heavy (non-hydrogen) atoms. The average Bonchev–Trinajstić information content (AvgIpc) is 3.59. The van der Waals surface area contributed by atoms with Crippen LogP contribution in [0.5, 0.6) is 0 Å². The van der Waals surface area contributed by atoms with E-state index in [0.29, 0.717) is 36.5 Å². The van der Waals surface area contributed by atoms with Gasteiger partial charge in [0.2, 0.25) is 0 Å². The van der Waals surface area contributed by atoms with Gasteiger partial charge < -0.3 is 33.2 Å². The lowest BCUT2D eigenvalue weighted by atomic mass is 10.1. The molecule has 9 nitrogen and oxygen atoms in total. The molecule has 4 unspecified atom stereocenters. The number of benzene rings is 1. The summed E-state index contributed by atoms with van der Waals surface area (Å²) in [6.07, 6.45) is 0.864. The second-order valence-electron chi connectivity index (χ2n) is 7.13. The third kappa shape index (κ3) is 7.71. The number of epoxide rings is 4. The Balaban J connectivity index is 0.000000188. The van der Waals surface area contributed by atoms with Crippen LogP contribution in [-0.4, -0.2) is 89.2 Å². The molecule has 4 fully saturated rings. The average molecular weight is 408 g/mol. The van der Waals surface area contributed by atoms with Crippen molar-refractivity contribution in [3.8, 4) is 0 Å². The number of carbonyl (C=O) groups excluding carboxylic acids is 2. The van der Waals surface area contributed by atoms with Gasteiger partial charge in [-0.3, -0.25) is 0 Å². The van der Waals surface area contributed by atoms with Crippen LogP contribution in [0.25, 0.3) is 0 Å². The van der Waals surface area contributed by atoms with Gasteiger partial charge in [0, 0.05) is 0 Å². The molecule has 1 aromatic carbocycles. The predicted octanol–water partition coefficient (Wildman–Crippen LogP) is 0.598. The van der Waals surface area contributed by atoms with Gasteiger partial charge in [-0.25, -0.2) is 9.59 Å². The van der Waals surface area contributed by atoms with Crippen molar-refractivity contribution in [3.05, 3.63) is 35.4 Å². The molecule has 0 radical (unpaired) electrons. The molecule has 0 spiro atoms. The third-order valence-electron chi connectivity index (χ3n) is 4.37. The molecule has 0 N–H and O–H groups in total. The Morgan fingerprint density at radius 2 is 0.966 bits per heavy atom. The number of hydrogen-bond donors (Lipinski definition) is 0. The first-order valence-electron chi connectivity index (χ1n) is 9.66. The van der Waals surface area contributed by atoms with E-state index in [4.69, 9.17) is 33.2 Å². The van der Waals surface area contributed by atoms with Crippen molar-refractivity contribution < 1.29 is 42.7 Å². The van der Waals surface area contributed by atoms with E-state index in [1.165, 1.54) is 0 Å². The van der Waals surface area contributed by atoms with E-state index < -0.39 is 11.9 Å². The first-order valence-corrected chi connectivity index (χ1v) is 9.66. The molecule has 1 aromatic rings. The molecule has 4 saturated heterocycles. The Bertz CT molecular complexity index is 629. The first-order chi connectivity index (χ1) is 14.2. The van der Waals surface area contributed by atoms with E-state index in [1.807, 2.05) is 0 Å². The summed E-state index contributed by atoms with van der Waals surface area (Å²) < 4.78 is 35.1. The van der Waals surface area contributed by atoms with E-state index in [2.05, 4.69) is 0 Å². The number of hydrogen-bond acceptors (Lipinski definition) is 9. The highest BCUT2D eigenvalue weighted by molar-refractivity contribution is 5.93. The Morgan fingerprint density at radius 3 is 1.28 bits per heavy atom. The molecular weight excluding hydrogens is 384 g/mol. The molecule has 0 amide bonds. The van der Waals surface area contributed by atoms with E-state index in [9.17, 15) is 9.59 Å². The van der Waals surface area contributed by atoms with Crippen LogP contribution in [-0.2, 0) is 33.2 Å². The molecule has 4 aliphatic rings. The quantitative estimate of drug-likeness (QED) is 0.406. The van der Waals surface area contributed by atoms with Crippen molar-refractivity contribution in [1.82, 2.24) is 0 Å². The fourth-order valence-electron chi connectivity index (χ4n) is 2.23. The summed E-state index contributed by atoms with van der Waals surface area (Å²) >= 11 is 0. The molecule has 4 heterocycles. The van der Waals surface area contributed by atoms with E-state index in [-0.39, 0.29) is 25.4 Å². The lowest BCUT2D eigenvalue weighted by molar-refractivity contribution is 0.0463. The largest absolute Gasteiger partial charge is 0.459 e. The number of ether oxygens (including phenoxy) is 7. The number of carbonyl (C=O) groups is 2. The highest BCUT2D eigenvalue weighted by atomic mass is 16.6. The highest BCUT2D eigenvalue weighted by Crippen LogP contribution is 2.14. The van der Waals surface area contributed by atoms with Crippen LogP contribution in [0.4, 0.5) is 0 Å². The summed E-state index contributed by atoms with van der Waals surface area (Å²) in [6, 6.07) is 6.17. The van der Waals surface area contributed by atoms with Crippen molar-refractivity contribution in [1.29, 1.82) is 0 Å². The zero-order valence-electron chi connectivity index (χ0n) is 15.9. The Morgan fingerprint density at radius 1 is 0.655 bits per heavy atom. The molecular formula is C20H24O9. The van der Waals surface area contributed by atoms with Crippen LogP contribution < -0.4 is 0 Å². The van der Waals surface area contributed by atoms with Crippen molar-refractivity contribution in [2.75, 3.05) is 52.9 Å². The monoisotopic (exact) mass is 408 g/mol. The summed E-state index contributed by atoms with van der Waals surface area (Å²) in [5.74, 6) is -0.849. The van der Waals surface area contributed by atoms with Gasteiger partial charge in [0.15, 0.2) is 0 Å². The lowest BCUT2D eigenvalue weighted by Crippen LogP contribution is -2.12. The van der Waals surface area contributed by atoms with Crippen LogP contribution in [0.2, 0.25) is 0 Å². The van der Waals surface area contributed by atoms with Gasteiger partial charge in [-0.15, -0.1) is 0 Å². The second kappa shape index (κ2) is 9.64. The Hall–Kier alpha value is -2.04. The maximum absolute atomic E-state index is 11.7. The Kier molecular flexibility index (Phi) is 6.73. The van der Waals surface area contributed by atoms with Crippen LogP contribution in [0, 0.1) is 0 Å². The molecule has 0 bridgehead atoms. The van der Waals surface area contributed by atoms with Gasteiger partial charge >= 0.3 is 11.9 Å². The standard InChI is InChI=1S/C14H14O6.C6H10O3/c15-13(19-7-11-5-17-11)9-1-2-10(4-3-9)14(16)20-8-12-6-18-12;1(5-3-8-5)7-2-6-4-9-6/h1-4,11-12H,5-8H2;5-6H,1-4H2. The minimum Gasteiger partial charge on any atom is -0.459 e. The molecule has 158 valence electrons. The molecule has 0 aliphatic carbocycles. The normalized spacial score (nSPS) is 27.9. The summed E-state index contributed by atoms with van der Waals surface area (Å²) in [5.41, 5.74) is 0.792. The van der Waals surface area contributed by atoms with Gasteiger partial charge in [-0.1, -0.05) is 0 Å². The SMILES string of the molecule is C(OCC1CO1)C1CO1.O=C(OCC1CO1)c1ccc(C(=O)OCC2CO2)cc1. The molecule has 4 atom stereocenters. The summed E-state index contributed by atoms with van der Waals surface area (Å²) in [7, 11) is 0. The van der Waals surface area contributed by atoms with Gasteiger partial charge in [-0.2, -0.15) is 0 Å². The van der Waals surface area contributed by atoms with E-state index >= 15 is 0 Å². The van der Waals surface area contributed by atoms with Crippen molar-refractivity contribution in [3.63, 3.8) is 0 Å². The van der Waals surface area contributed by atoms with Crippen LogP contribution in [0.1, 0.15) is 20.7 Å². The predicted molar refractivity (Wildman–Crippen MR) is 96.8 cm³/mol. The number of esters is 2. The van der Waals surface area contributed by atoms with Crippen molar-refractivity contribution in [2.45, 2.75) is 24.4 Å². The topological polar surface area (TPSA) is 112 Å². The van der Waals surface area contributed by atoms with Crippen LogP contribution in [0.15, 0.2) is 24.3 Å². The van der Waals surface area contributed by atoms with E-state index in [0.717, 1.165) is 26.4 Å². The smallest absolute Gasteiger partial charge is 0.338 e. The zero-order chi connectivity index (χ0) is 20.1. The third-order valence-corrected chi connectivity index (χ3v) is 4.37. The summed E-state index contributed by atoms with van der Waals surface area (Å²) in [4.78, 5) is 23.3. The molecule has 0 saturated carbocycles. The zero-order valence-corrected chi connectivity index (χ0v) is 15.9. The summed E-state index contributed by atoms with van der Waals surface area (Å²) in [6.45, 7) is 5.08. The first kappa shape index (κ1) is 20.2. The second-order valence-corrected chi connectivity index (χ2v) is 7.13. The van der Waals surface area contributed by atoms with Gasteiger partial charge in [0.05, 0.1) is 50.8 Å². The van der Waals surface area contributed by atoms with Crippen molar-refractivity contribution >= 4 is 11.9 Å². The maximum Gasteiger partial charge on any atom is 0.338 e. The minimum absolute atomic E-state index is 0.0397. The van der Waals surface area contributed by atoms with Crippen LogP contribution >= 0.6 is 0 Å². The minimum atomic E-state index is -0.424. The maximum atomic E-state index is 11.7. The molecule has 9 heteroatoms.